The zero-order chi connectivity index (χ0) is 13.2. The van der Waals surface area contributed by atoms with E-state index in [4.69, 9.17) is 0 Å². The van der Waals surface area contributed by atoms with Gasteiger partial charge in [0.25, 0.3) is 5.91 Å². The van der Waals surface area contributed by atoms with Crippen LogP contribution in [0.3, 0.4) is 0 Å². The highest BCUT2D eigenvalue weighted by atomic mass is 32.1. The molecule has 5 heteroatoms. The Bertz CT molecular complexity index is 564. The lowest BCUT2D eigenvalue weighted by atomic mass is 10.2. The van der Waals surface area contributed by atoms with Gasteiger partial charge in [0.05, 0.1) is 12.1 Å². The first-order chi connectivity index (χ1) is 9.24. The number of amides is 1. The molecule has 1 amide bonds. The molecule has 3 nitrogen and oxygen atoms in total. The first-order valence-corrected chi connectivity index (χ1v) is 7.07. The Morgan fingerprint density at radius 1 is 1.42 bits per heavy atom. The first kappa shape index (κ1) is 12.3. The summed E-state index contributed by atoms with van der Waals surface area (Å²) in [5, 5.41) is 2.00. The molecular formula is C14H13FN2OS. The minimum absolute atomic E-state index is 0.0663. The van der Waals surface area contributed by atoms with E-state index in [1.165, 1.54) is 18.3 Å². The largest absolute Gasteiger partial charge is 0.330 e. The predicted molar refractivity (Wildman–Crippen MR) is 71.4 cm³/mol. The van der Waals surface area contributed by atoms with Crippen molar-refractivity contribution in [1.29, 1.82) is 0 Å². The van der Waals surface area contributed by atoms with Gasteiger partial charge in [-0.25, -0.2) is 4.98 Å². The minimum atomic E-state index is -0.562. The van der Waals surface area contributed by atoms with E-state index in [1.807, 2.05) is 22.4 Å². The molecule has 19 heavy (non-hydrogen) atoms. The molecule has 0 spiro atoms. The van der Waals surface area contributed by atoms with E-state index >= 15 is 0 Å². The van der Waals surface area contributed by atoms with E-state index in [0.29, 0.717) is 18.2 Å². The molecular weight excluding hydrogens is 263 g/mol. The fraction of sp³-hybridized carbons (Fsp3) is 0.286. The third kappa shape index (κ3) is 2.81. The molecule has 0 aromatic carbocycles. The van der Waals surface area contributed by atoms with Crippen molar-refractivity contribution in [1.82, 2.24) is 9.88 Å². The van der Waals surface area contributed by atoms with E-state index < -0.39 is 5.95 Å². The lowest BCUT2D eigenvalue weighted by molar-refractivity contribution is 0.0731. The van der Waals surface area contributed by atoms with Crippen LogP contribution < -0.4 is 0 Å². The van der Waals surface area contributed by atoms with Crippen LogP contribution in [-0.4, -0.2) is 21.8 Å². The van der Waals surface area contributed by atoms with E-state index in [2.05, 4.69) is 4.98 Å². The number of carbonyl (C=O) groups is 1. The molecule has 0 saturated heterocycles. The van der Waals surface area contributed by atoms with Crippen LogP contribution in [0.15, 0.2) is 35.8 Å². The lowest BCUT2D eigenvalue weighted by Gasteiger charge is -2.21. The smallest absolute Gasteiger partial charge is 0.255 e. The van der Waals surface area contributed by atoms with Crippen LogP contribution in [0.25, 0.3) is 0 Å². The number of hydrogen-bond acceptors (Lipinski definition) is 3. The highest BCUT2D eigenvalue weighted by Gasteiger charge is 2.33. The summed E-state index contributed by atoms with van der Waals surface area (Å²) >= 11 is 1.64. The van der Waals surface area contributed by atoms with Crippen molar-refractivity contribution in [3.63, 3.8) is 0 Å². The zero-order valence-corrected chi connectivity index (χ0v) is 11.1. The molecule has 0 radical (unpaired) electrons. The quantitative estimate of drug-likeness (QED) is 0.804. The van der Waals surface area contributed by atoms with Crippen molar-refractivity contribution < 1.29 is 9.18 Å². The monoisotopic (exact) mass is 276 g/mol. The number of pyridine rings is 1. The molecule has 1 saturated carbocycles. The molecule has 1 aliphatic rings. The standard InChI is InChI=1S/C14H13FN2OS/c15-13-6-3-10(8-16-13)14(18)17(11-4-5-11)9-12-2-1-7-19-12/h1-3,6-8,11H,4-5,9H2. The molecule has 0 unspecified atom stereocenters. The minimum Gasteiger partial charge on any atom is -0.330 e. The van der Waals surface area contributed by atoms with Crippen LogP contribution in [0.4, 0.5) is 4.39 Å². The van der Waals surface area contributed by atoms with Crippen molar-refractivity contribution in [3.8, 4) is 0 Å². The van der Waals surface area contributed by atoms with Gasteiger partial charge in [0.2, 0.25) is 5.95 Å². The van der Waals surface area contributed by atoms with Crippen molar-refractivity contribution >= 4 is 17.2 Å². The van der Waals surface area contributed by atoms with Crippen molar-refractivity contribution in [2.45, 2.75) is 25.4 Å². The van der Waals surface area contributed by atoms with E-state index in [9.17, 15) is 9.18 Å². The Hall–Kier alpha value is -1.75. The van der Waals surface area contributed by atoms with Gasteiger partial charge >= 0.3 is 0 Å². The van der Waals surface area contributed by atoms with E-state index in [0.717, 1.165) is 17.7 Å². The summed E-state index contributed by atoms with van der Waals surface area (Å²) in [6.45, 7) is 0.624. The average Bonchev–Trinajstić information content (AvgIpc) is 3.13. The topological polar surface area (TPSA) is 33.2 Å². The number of carbonyl (C=O) groups excluding carboxylic acids is 1. The Kier molecular flexibility index (Phi) is 3.29. The third-order valence-electron chi connectivity index (χ3n) is 3.13. The van der Waals surface area contributed by atoms with Crippen LogP contribution >= 0.6 is 11.3 Å². The van der Waals surface area contributed by atoms with Crippen LogP contribution in [0.5, 0.6) is 0 Å². The number of aromatic nitrogens is 1. The van der Waals surface area contributed by atoms with Crippen LogP contribution in [0.2, 0.25) is 0 Å². The second kappa shape index (κ2) is 5.09. The fourth-order valence-electron chi connectivity index (χ4n) is 1.99. The average molecular weight is 276 g/mol. The highest BCUT2D eigenvalue weighted by molar-refractivity contribution is 7.09. The number of nitrogens with zero attached hydrogens (tertiary/aromatic N) is 2. The van der Waals surface area contributed by atoms with Crippen molar-refractivity contribution in [2.24, 2.45) is 0 Å². The summed E-state index contributed by atoms with van der Waals surface area (Å²) in [5.74, 6) is -0.629. The van der Waals surface area contributed by atoms with Gasteiger partial charge in [-0.1, -0.05) is 6.07 Å². The lowest BCUT2D eigenvalue weighted by Crippen LogP contribution is -2.32. The van der Waals surface area contributed by atoms with Gasteiger partial charge in [-0.15, -0.1) is 11.3 Å². The van der Waals surface area contributed by atoms with Gasteiger partial charge in [-0.3, -0.25) is 4.79 Å². The Morgan fingerprint density at radius 2 is 2.26 bits per heavy atom. The number of halogens is 1. The van der Waals surface area contributed by atoms with Gasteiger partial charge in [0.15, 0.2) is 0 Å². The summed E-state index contributed by atoms with van der Waals surface area (Å²) < 4.78 is 12.8. The Balaban J connectivity index is 1.79. The molecule has 3 rings (SSSR count). The predicted octanol–water partition coefficient (Wildman–Crippen LogP) is 3.09. The molecule has 2 aromatic heterocycles. The van der Waals surface area contributed by atoms with Gasteiger partial charge < -0.3 is 4.90 Å². The number of rotatable bonds is 4. The summed E-state index contributed by atoms with van der Waals surface area (Å²) in [7, 11) is 0. The van der Waals surface area contributed by atoms with E-state index in [1.54, 1.807) is 11.3 Å². The van der Waals surface area contributed by atoms with Crippen molar-refractivity contribution in [2.75, 3.05) is 0 Å². The fourth-order valence-corrected chi connectivity index (χ4v) is 2.69. The summed E-state index contributed by atoms with van der Waals surface area (Å²) in [5.41, 5.74) is 0.449. The van der Waals surface area contributed by atoms with Gasteiger partial charge in [0.1, 0.15) is 0 Å². The molecule has 0 aliphatic heterocycles. The van der Waals surface area contributed by atoms with Crippen LogP contribution in [0, 0.1) is 5.95 Å². The summed E-state index contributed by atoms with van der Waals surface area (Å²) in [6.07, 6.45) is 3.40. The molecule has 2 aromatic rings. The second-order valence-corrected chi connectivity index (χ2v) is 5.65. The SMILES string of the molecule is O=C(c1ccc(F)nc1)N(Cc1cccs1)C1CC1. The van der Waals surface area contributed by atoms with E-state index in [-0.39, 0.29) is 5.91 Å². The molecule has 98 valence electrons. The molecule has 0 atom stereocenters. The normalized spacial score (nSPS) is 14.4. The van der Waals surface area contributed by atoms with Crippen LogP contribution in [0.1, 0.15) is 28.1 Å². The molecule has 1 fully saturated rings. The molecule has 0 N–H and O–H groups in total. The zero-order valence-electron chi connectivity index (χ0n) is 10.3. The number of thiophene rings is 1. The van der Waals surface area contributed by atoms with Gasteiger partial charge in [0, 0.05) is 17.1 Å². The van der Waals surface area contributed by atoms with Gasteiger partial charge in [-0.2, -0.15) is 4.39 Å². The molecule has 2 heterocycles. The summed E-state index contributed by atoms with van der Waals surface area (Å²) in [4.78, 5) is 19.0. The molecule has 0 bridgehead atoms. The Morgan fingerprint density at radius 3 is 2.84 bits per heavy atom. The Labute approximate surface area is 114 Å². The molecule has 1 aliphatic carbocycles. The maximum atomic E-state index is 12.8. The summed E-state index contributed by atoms with van der Waals surface area (Å²) in [6, 6.07) is 7.04. The first-order valence-electron chi connectivity index (χ1n) is 6.19. The van der Waals surface area contributed by atoms with Crippen molar-refractivity contribution in [3.05, 3.63) is 52.2 Å². The van der Waals surface area contributed by atoms with Gasteiger partial charge in [-0.05, 0) is 36.4 Å². The van der Waals surface area contributed by atoms with Crippen LogP contribution in [-0.2, 0) is 6.54 Å². The number of hydrogen-bond donors (Lipinski definition) is 0. The maximum absolute atomic E-state index is 12.8. The maximum Gasteiger partial charge on any atom is 0.255 e. The highest BCUT2D eigenvalue weighted by Crippen LogP contribution is 2.30. The second-order valence-electron chi connectivity index (χ2n) is 4.61. The third-order valence-corrected chi connectivity index (χ3v) is 3.99.